The zero-order valence-electron chi connectivity index (χ0n) is 10.3. The number of halogens is 1. The lowest BCUT2D eigenvalue weighted by atomic mass is 10.0. The number of benzene rings is 1. The molecule has 0 aliphatic carbocycles. The Morgan fingerprint density at radius 2 is 2.12 bits per heavy atom. The first-order valence-corrected chi connectivity index (χ1v) is 6.50. The van der Waals surface area contributed by atoms with E-state index < -0.39 is 0 Å². The van der Waals surface area contributed by atoms with Crippen molar-refractivity contribution in [1.29, 1.82) is 0 Å². The van der Waals surface area contributed by atoms with Crippen LogP contribution in [0.15, 0.2) is 28.9 Å². The van der Waals surface area contributed by atoms with Crippen molar-refractivity contribution in [2.75, 3.05) is 5.32 Å². The zero-order valence-corrected chi connectivity index (χ0v) is 11.9. The Kier molecular flexibility index (Phi) is 3.33. The largest absolute Gasteiger partial charge is 0.349 e. The highest BCUT2D eigenvalue weighted by Gasteiger charge is 2.15. The van der Waals surface area contributed by atoms with Crippen LogP contribution in [0.4, 0.5) is 5.95 Å². The number of rotatable bonds is 3. The van der Waals surface area contributed by atoms with Gasteiger partial charge in [-0.05, 0) is 38.5 Å². The van der Waals surface area contributed by atoms with Gasteiger partial charge in [-0.3, -0.25) is 0 Å². The van der Waals surface area contributed by atoms with Crippen LogP contribution in [0.25, 0.3) is 10.9 Å². The third kappa shape index (κ3) is 2.94. The van der Waals surface area contributed by atoms with Crippen LogP contribution in [0.1, 0.15) is 27.2 Å². The number of hydrogen-bond donors (Lipinski definition) is 1. The normalized spacial score (nSPS) is 11.8. The molecule has 0 amide bonds. The number of hydrogen-bond acceptors (Lipinski definition) is 3. The van der Waals surface area contributed by atoms with Crippen molar-refractivity contribution < 1.29 is 0 Å². The van der Waals surface area contributed by atoms with E-state index in [0.717, 1.165) is 21.8 Å². The number of nitrogens with zero attached hydrogens (tertiary/aromatic N) is 2. The van der Waals surface area contributed by atoms with Crippen molar-refractivity contribution in [1.82, 2.24) is 9.97 Å². The maximum absolute atomic E-state index is 4.51. The molecule has 0 bridgehead atoms. The van der Waals surface area contributed by atoms with Crippen molar-refractivity contribution in [2.45, 2.75) is 32.7 Å². The molecule has 4 heteroatoms. The highest BCUT2D eigenvalue weighted by molar-refractivity contribution is 9.10. The fourth-order valence-electron chi connectivity index (χ4n) is 1.46. The smallest absolute Gasteiger partial charge is 0.223 e. The second-order valence-electron chi connectivity index (χ2n) is 4.76. The minimum Gasteiger partial charge on any atom is -0.349 e. The summed E-state index contributed by atoms with van der Waals surface area (Å²) in [6, 6.07) is 6.00. The monoisotopic (exact) mass is 293 g/mol. The molecule has 2 aromatic rings. The number of fused-ring (bicyclic) bond motifs is 1. The average Bonchev–Trinajstić information content (AvgIpc) is 2.29. The zero-order chi connectivity index (χ0) is 12.5. The Morgan fingerprint density at radius 1 is 1.35 bits per heavy atom. The molecule has 0 saturated heterocycles. The first kappa shape index (κ1) is 12.3. The molecule has 0 unspecified atom stereocenters. The van der Waals surface area contributed by atoms with E-state index in [2.05, 4.69) is 52.0 Å². The molecule has 0 aliphatic rings. The lowest BCUT2D eigenvalue weighted by Crippen LogP contribution is -2.30. The number of nitrogens with one attached hydrogen (secondary N) is 1. The van der Waals surface area contributed by atoms with E-state index in [-0.39, 0.29) is 5.54 Å². The Morgan fingerprint density at radius 3 is 2.82 bits per heavy atom. The maximum atomic E-state index is 4.51. The van der Waals surface area contributed by atoms with Gasteiger partial charge in [0.1, 0.15) is 0 Å². The molecule has 1 N–H and O–H groups in total. The summed E-state index contributed by atoms with van der Waals surface area (Å²) in [6.07, 6.45) is 2.87. The van der Waals surface area contributed by atoms with E-state index in [9.17, 15) is 0 Å². The molecule has 2 rings (SSSR count). The summed E-state index contributed by atoms with van der Waals surface area (Å²) in [5, 5.41) is 4.38. The lowest BCUT2D eigenvalue weighted by molar-refractivity contribution is 0.542. The van der Waals surface area contributed by atoms with Crippen LogP contribution in [0.3, 0.4) is 0 Å². The predicted octanol–water partition coefficient (Wildman–Crippen LogP) is 3.99. The van der Waals surface area contributed by atoms with E-state index in [1.165, 1.54) is 0 Å². The van der Waals surface area contributed by atoms with Crippen molar-refractivity contribution in [3.63, 3.8) is 0 Å². The van der Waals surface area contributed by atoms with Gasteiger partial charge in [-0.15, -0.1) is 0 Å². The third-order valence-electron chi connectivity index (χ3n) is 2.88. The van der Waals surface area contributed by atoms with Gasteiger partial charge in [0.05, 0.1) is 5.52 Å². The van der Waals surface area contributed by atoms with Crippen molar-refractivity contribution >= 4 is 32.8 Å². The summed E-state index contributed by atoms with van der Waals surface area (Å²) in [4.78, 5) is 8.84. The molecule has 3 nitrogen and oxygen atoms in total. The Balaban J connectivity index is 2.35. The summed E-state index contributed by atoms with van der Waals surface area (Å²) >= 11 is 3.44. The highest BCUT2D eigenvalue weighted by Crippen LogP contribution is 2.20. The number of aromatic nitrogens is 2. The first-order chi connectivity index (χ1) is 8.00. The molecule has 0 fully saturated rings. The minimum atomic E-state index is 0.0169. The number of anilines is 1. The Hall–Kier alpha value is -1.16. The fourth-order valence-corrected chi connectivity index (χ4v) is 1.83. The molecule has 0 radical (unpaired) electrons. The molecule has 0 aliphatic heterocycles. The van der Waals surface area contributed by atoms with Crippen LogP contribution in [0.5, 0.6) is 0 Å². The van der Waals surface area contributed by atoms with Gasteiger partial charge in [-0.25, -0.2) is 9.97 Å². The van der Waals surface area contributed by atoms with Crippen LogP contribution < -0.4 is 5.32 Å². The molecule has 0 spiro atoms. The maximum Gasteiger partial charge on any atom is 0.223 e. The SMILES string of the molecule is CCC(C)(C)Nc1ncc2cc(Br)ccc2n1. The van der Waals surface area contributed by atoms with E-state index in [0.29, 0.717) is 5.95 Å². The van der Waals surface area contributed by atoms with Gasteiger partial charge in [0.15, 0.2) is 0 Å². The third-order valence-corrected chi connectivity index (χ3v) is 3.37. The predicted molar refractivity (Wildman–Crippen MR) is 75.2 cm³/mol. The van der Waals surface area contributed by atoms with Crippen LogP contribution in [0, 0.1) is 0 Å². The lowest BCUT2D eigenvalue weighted by Gasteiger charge is -2.24. The second kappa shape index (κ2) is 4.61. The van der Waals surface area contributed by atoms with Crippen LogP contribution in [-0.4, -0.2) is 15.5 Å². The van der Waals surface area contributed by atoms with Gasteiger partial charge in [-0.2, -0.15) is 0 Å². The highest BCUT2D eigenvalue weighted by atomic mass is 79.9. The molecule has 1 heterocycles. The average molecular weight is 294 g/mol. The van der Waals surface area contributed by atoms with Gasteiger partial charge >= 0.3 is 0 Å². The van der Waals surface area contributed by atoms with Crippen molar-refractivity contribution in [3.05, 3.63) is 28.9 Å². The Bertz CT molecular complexity index is 537. The molecule has 0 atom stereocenters. The fraction of sp³-hybridized carbons (Fsp3) is 0.385. The van der Waals surface area contributed by atoms with Gasteiger partial charge in [-0.1, -0.05) is 22.9 Å². The van der Waals surface area contributed by atoms with Gasteiger partial charge in [0.2, 0.25) is 5.95 Å². The molecule has 90 valence electrons. The summed E-state index contributed by atoms with van der Waals surface area (Å²) in [5.74, 6) is 0.687. The second-order valence-corrected chi connectivity index (χ2v) is 5.67. The summed E-state index contributed by atoms with van der Waals surface area (Å²) in [5.41, 5.74) is 0.973. The van der Waals surface area contributed by atoms with Gasteiger partial charge in [0, 0.05) is 21.6 Å². The van der Waals surface area contributed by atoms with E-state index >= 15 is 0 Å². The van der Waals surface area contributed by atoms with E-state index in [4.69, 9.17) is 0 Å². The van der Waals surface area contributed by atoms with Gasteiger partial charge in [0.25, 0.3) is 0 Å². The molecule has 0 saturated carbocycles. The topological polar surface area (TPSA) is 37.8 Å². The van der Waals surface area contributed by atoms with Crippen LogP contribution >= 0.6 is 15.9 Å². The summed E-state index contributed by atoms with van der Waals surface area (Å²) in [6.45, 7) is 6.43. The first-order valence-electron chi connectivity index (χ1n) is 5.71. The molecular formula is C13H16BrN3. The van der Waals surface area contributed by atoms with Crippen LogP contribution in [-0.2, 0) is 0 Å². The van der Waals surface area contributed by atoms with Gasteiger partial charge < -0.3 is 5.32 Å². The van der Waals surface area contributed by atoms with Crippen molar-refractivity contribution in [3.8, 4) is 0 Å². The molecule has 1 aromatic carbocycles. The van der Waals surface area contributed by atoms with Crippen molar-refractivity contribution in [2.24, 2.45) is 0 Å². The summed E-state index contributed by atoms with van der Waals surface area (Å²) < 4.78 is 1.04. The quantitative estimate of drug-likeness (QED) is 0.930. The molecule has 17 heavy (non-hydrogen) atoms. The Labute approximate surface area is 110 Å². The van der Waals surface area contributed by atoms with Crippen LogP contribution in [0.2, 0.25) is 0 Å². The molecular weight excluding hydrogens is 278 g/mol. The standard InChI is InChI=1S/C13H16BrN3/c1-4-13(2,3)17-12-15-8-9-7-10(14)5-6-11(9)16-12/h5-8H,4H2,1-3H3,(H,15,16,17). The minimum absolute atomic E-state index is 0.0169. The van der Waals surface area contributed by atoms with E-state index in [1.807, 2.05) is 24.4 Å². The molecule has 1 aromatic heterocycles. The van der Waals surface area contributed by atoms with E-state index in [1.54, 1.807) is 0 Å². The summed E-state index contributed by atoms with van der Waals surface area (Å²) in [7, 11) is 0.